The molecule has 0 spiro atoms. The van der Waals surface area contributed by atoms with Crippen molar-refractivity contribution in [1.29, 1.82) is 0 Å². The van der Waals surface area contributed by atoms with E-state index in [0.29, 0.717) is 27.3 Å². The molecule has 1 heterocycles. The van der Waals surface area contributed by atoms with Gasteiger partial charge in [0.25, 0.3) is 0 Å². The Morgan fingerprint density at radius 1 is 1.18 bits per heavy atom. The van der Waals surface area contributed by atoms with Crippen LogP contribution in [0.1, 0.15) is 36.7 Å². The van der Waals surface area contributed by atoms with Gasteiger partial charge in [-0.3, -0.25) is 9.89 Å². The smallest absolute Gasteiger partial charge is 0.209 e. The summed E-state index contributed by atoms with van der Waals surface area (Å²) in [6.07, 6.45) is 0. The first-order chi connectivity index (χ1) is 13.3. The molecule has 0 atom stereocenters. The molecule has 0 aliphatic carbocycles. The second-order valence-corrected chi connectivity index (χ2v) is 8.73. The summed E-state index contributed by atoms with van der Waals surface area (Å²) in [7, 11) is 1.59. The number of carbonyl (C=O) groups excluding carboxylic acids is 1. The number of ketones is 1. The van der Waals surface area contributed by atoms with E-state index in [0.717, 1.165) is 5.56 Å². The summed E-state index contributed by atoms with van der Waals surface area (Å²) < 4.78 is 5.35. The summed E-state index contributed by atoms with van der Waals surface area (Å²) in [5.74, 6) is 1.49. The molecule has 1 N–H and O–H groups in total. The topological polar surface area (TPSA) is 67.9 Å². The second-order valence-electron chi connectivity index (χ2n) is 7.35. The number of Topliss-reactive ketones (excluding diaryl/α,β-unsaturated/α-hetero) is 1. The van der Waals surface area contributed by atoms with E-state index in [-0.39, 0.29) is 17.0 Å². The molecule has 0 aliphatic rings. The lowest BCUT2D eigenvalue weighted by Crippen LogP contribution is -2.11. The summed E-state index contributed by atoms with van der Waals surface area (Å²) in [4.78, 5) is 16.9. The van der Waals surface area contributed by atoms with E-state index < -0.39 is 0 Å². The fourth-order valence-electron chi connectivity index (χ4n) is 2.67. The molecule has 0 aliphatic heterocycles. The molecule has 3 aromatic rings. The number of benzene rings is 2. The Hall–Kier alpha value is -2.31. The van der Waals surface area contributed by atoms with E-state index in [4.69, 9.17) is 16.3 Å². The van der Waals surface area contributed by atoms with Crippen molar-refractivity contribution in [3.63, 3.8) is 0 Å². The van der Waals surface area contributed by atoms with Crippen molar-refractivity contribution in [2.45, 2.75) is 31.3 Å². The van der Waals surface area contributed by atoms with Crippen LogP contribution >= 0.6 is 23.4 Å². The number of hydrogen-bond acceptors (Lipinski definition) is 5. The van der Waals surface area contributed by atoms with Crippen molar-refractivity contribution in [3.05, 3.63) is 58.6 Å². The fourth-order valence-corrected chi connectivity index (χ4v) is 3.53. The molecule has 0 saturated carbocycles. The van der Waals surface area contributed by atoms with Crippen LogP contribution in [0, 0.1) is 0 Å². The molecule has 5 nitrogen and oxygen atoms in total. The van der Waals surface area contributed by atoms with Crippen molar-refractivity contribution in [3.8, 4) is 17.1 Å². The zero-order valence-corrected chi connectivity index (χ0v) is 17.8. The largest absolute Gasteiger partial charge is 0.496 e. The van der Waals surface area contributed by atoms with Gasteiger partial charge in [0.2, 0.25) is 5.16 Å². The van der Waals surface area contributed by atoms with E-state index in [9.17, 15) is 4.79 Å². The second kappa shape index (κ2) is 8.37. The van der Waals surface area contributed by atoms with Crippen LogP contribution in [-0.2, 0) is 5.41 Å². The number of carbonyl (C=O) groups is 1. The average Bonchev–Trinajstić information content (AvgIpc) is 3.14. The van der Waals surface area contributed by atoms with Gasteiger partial charge in [0.1, 0.15) is 5.75 Å². The Labute approximate surface area is 173 Å². The van der Waals surface area contributed by atoms with Gasteiger partial charge in [0.05, 0.1) is 18.4 Å². The standard InChI is InChI=1S/C21H22ClN3O2S/c1-21(2,3)14-7-5-13(6-8-14)17(26)12-28-20-23-19(24-25-20)16-11-15(22)9-10-18(16)27-4/h5-11H,12H2,1-4H3,(H,23,24,25). The number of rotatable bonds is 6. The van der Waals surface area contributed by atoms with Gasteiger partial charge in [-0.25, -0.2) is 4.98 Å². The number of thioether (sulfide) groups is 1. The zero-order valence-electron chi connectivity index (χ0n) is 16.2. The van der Waals surface area contributed by atoms with Crippen LogP contribution in [0.3, 0.4) is 0 Å². The predicted molar refractivity (Wildman–Crippen MR) is 114 cm³/mol. The Morgan fingerprint density at radius 2 is 1.89 bits per heavy atom. The highest BCUT2D eigenvalue weighted by Crippen LogP contribution is 2.31. The minimum absolute atomic E-state index is 0.0390. The molecule has 2 aromatic carbocycles. The van der Waals surface area contributed by atoms with Crippen LogP contribution < -0.4 is 4.74 Å². The highest BCUT2D eigenvalue weighted by atomic mass is 35.5. The maximum atomic E-state index is 12.5. The lowest BCUT2D eigenvalue weighted by Gasteiger charge is -2.18. The number of methoxy groups -OCH3 is 1. The summed E-state index contributed by atoms with van der Waals surface area (Å²) >= 11 is 7.36. The first kappa shape index (κ1) is 20.4. The van der Waals surface area contributed by atoms with Crippen molar-refractivity contribution >= 4 is 29.1 Å². The first-order valence-electron chi connectivity index (χ1n) is 8.81. The van der Waals surface area contributed by atoms with E-state index in [1.54, 1.807) is 25.3 Å². The Kier molecular flexibility index (Phi) is 6.10. The van der Waals surface area contributed by atoms with E-state index >= 15 is 0 Å². The number of nitrogens with zero attached hydrogens (tertiary/aromatic N) is 2. The minimum Gasteiger partial charge on any atom is -0.496 e. The van der Waals surface area contributed by atoms with Gasteiger partial charge in [-0.05, 0) is 29.2 Å². The number of hydrogen-bond donors (Lipinski definition) is 1. The molecular formula is C21H22ClN3O2S. The van der Waals surface area contributed by atoms with Crippen LogP contribution in [-0.4, -0.2) is 33.8 Å². The number of aromatic nitrogens is 3. The number of nitrogens with one attached hydrogen (secondary N) is 1. The molecule has 7 heteroatoms. The maximum absolute atomic E-state index is 12.5. The van der Waals surface area contributed by atoms with Crippen LogP contribution in [0.4, 0.5) is 0 Å². The molecule has 3 rings (SSSR count). The van der Waals surface area contributed by atoms with Gasteiger partial charge >= 0.3 is 0 Å². The van der Waals surface area contributed by atoms with Crippen molar-refractivity contribution < 1.29 is 9.53 Å². The van der Waals surface area contributed by atoms with Gasteiger partial charge < -0.3 is 4.74 Å². The molecule has 0 radical (unpaired) electrons. The van der Waals surface area contributed by atoms with E-state index in [1.807, 2.05) is 24.3 Å². The van der Waals surface area contributed by atoms with Crippen LogP contribution in [0.5, 0.6) is 5.75 Å². The van der Waals surface area contributed by atoms with Crippen molar-refractivity contribution in [2.75, 3.05) is 12.9 Å². The van der Waals surface area contributed by atoms with Gasteiger partial charge in [0.15, 0.2) is 11.6 Å². The minimum atomic E-state index is 0.0390. The highest BCUT2D eigenvalue weighted by molar-refractivity contribution is 7.99. The zero-order chi connectivity index (χ0) is 20.3. The molecule has 1 aromatic heterocycles. The molecular weight excluding hydrogens is 394 g/mol. The van der Waals surface area contributed by atoms with Crippen molar-refractivity contribution in [1.82, 2.24) is 15.2 Å². The Bertz CT molecular complexity index is 978. The normalized spacial score (nSPS) is 11.5. The fraction of sp³-hybridized carbons (Fsp3) is 0.286. The molecule has 146 valence electrons. The molecule has 0 bridgehead atoms. The monoisotopic (exact) mass is 415 g/mol. The van der Waals surface area contributed by atoms with E-state index in [1.165, 1.54) is 17.3 Å². The molecule has 0 saturated heterocycles. The lowest BCUT2D eigenvalue weighted by molar-refractivity contribution is 0.102. The molecule has 0 amide bonds. The average molecular weight is 416 g/mol. The third kappa shape index (κ3) is 4.75. The van der Waals surface area contributed by atoms with Crippen LogP contribution in [0.25, 0.3) is 11.4 Å². The third-order valence-corrected chi connectivity index (χ3v) is 5.37. The van der Waals surface area contributed by atoms with Gasteiger partial charge in [-0.1, -0.05) is 68.4 Å². The van der Waals surface area contributed by atoms with Gasteiger partial charge in [-0.2, -0.15) is 0 Å². The van der Waals surface area contributed by atoms with E-state index in [2.05, 4.69) is 36.0 Å². The lowest BCUT2D eigenvalue weighted by atomic mass is 9.86. The summed E-state index contributed by atoms with van der Waals surface area (Å²) in [6.45, 7) is 6.44. The molecule has 0 unspecified atom stereocenters. The highest BCUT2D eigenvalue weighted by Gasteiger charge is 2.16. The van der Waals surface area contributed by atoms with Gasteiger partial charge in [0, 0.05) is 10.6 Å². The number of ether oxygens (including phenoxy) is 1. The Morgan fingerprint density at radius 3 is 2.54 bits per heavy atom. The maximum Gasteiger partial charge on any atom is 0.209 e. The number of aromatic amines is 1. The SMILES string of the molecule is COc1ccc(Cl)cc1-c1nc(SCC(=O)c2ccc(C(C)(C)C)cc2)n[nH]1. The molecule has 0 fully saturated rings. The first-order valence-corrected chi connectivity index (χ1v) is 10.2. The number of halogens is 1. The van der Waals surface area contributed by atoms with Gasteiger partial charge in [-0.15, -0.1) is 5.10 Å². The van der Waals surface area contributed by atoms with Crippen LogP contribution in [0.2, 0.25) is 5.02 Å². The van der Waals surface area contributed by atoms with Crippen molar-refractivity contribution in [2.24, 2.45) is 0 Å². The summed E-state index contributed by atoms with van der Waals surface area (Å²) in [5, 5.41) is 8.14. The Balaban J connectivity index is 1.68. The summed E-state index contributed by atoms with van der Waals surface area (Å²) in [6, 6.07) is 13.1. The summed E-state index contributed by atoms with van der Waals surface area (Å²) in [5.41, 5.74) is 2.67. The quantitative estimate of drug-likeness (QED) is 0.430. The third-order valence-electron chi connectivity index (χ3n) is 4.29. The number of H-pyrrole nitrogens is 1. The molecule has 28 heavy (non-hydrogen) atoms. The van der Waals surface area contributed by atoms with Crippen LogP contribution in [0.15, 0.2) is 47.6 Å². The predicted octanol–water partition coefficient (Wildman–Crippen LogP) is 5.41.